The third kappa shape index (κ3) is 3.89. The Kier molecular flexibility index (Phi) is 4.77. The maximum Gasteiger partial charge on any atom is 0.303 e. The summed E-state index contributed by atoms with van der Waals surface area (Å²) in [5.41, 5.74) is 3.74. The summed E-state index contributed by atoms with van der Waals surface area (Å²) in [4.78, 5) is 10.4. The molecular weight excluding hydrogens is 200 g/mol. The van der Waals surface area contributed by atoms with Gasteiger partial charge >= 0.3 is 5.97 Å². The number of allylic oxidation sites excluding steroid dienone is 1. The van der Waals surface area contributed by atoms with Crippen LogP contribution in [-0.4, -0.2) is 11.1 Å². The average Bonchev–Trinajstić information content (AvgIpc) is 2.21. The maximum absolute atomic E-state index is 10.4. The largest absolute Gasteiger partial charge is 0.481 e. The average molecular weight is 218 g/mol. The van der Waals surface area contributed by atoms with E-state index in [9.17, 15) is 4.79 Å². The summed E-state index contributed by atoms with van der Waals surface area (Å²) in [5, 5.41) is 8.56. The number of carboxylic acids is 1. The van der Waals surface area contributed by atoms with Gasteiger partial charge in [0.15, 0.2) is 0 Å². The van der Waals surface area contributed by atoms with E-state index in [1.165, 1.54) is 16.7 Å². The summed E-state index contributed by atoms with van der Waals surface area (Å²) in [7, 11) is 0. The second-order valence-electron chi connectivity index (χ2n) is 4.00. The molecule has 0 bridgehead atoms. The zero-order chi connectivity index (χ0) is 12.0. The van der Waals surface area contributed by atoms with Gasteiger partial charge in [0.25, 0.3) is 0 Å². The molecule has 1 aromatic carbocycles. The van der Waals surface area contributed by atoms with E-state index < -0.39 is 5.97 Å². The molecule has 1 aromatic rings. The van der Waals surface area contributed by atoms with Crippen molar-refractivity contribution in [2.75, 3.05) is 0 Å². The molecular formula is C14H18O2. The minimum atomic E-state index is -0.721. The fourth-order valence-corrected chi connectivity index (χ4v) is 1.76. The van der Waals surface area contributed by atoms with Crippen molar-refractivity contribution in [2.24, 2.45) is 0 Å². The summed E-state index contributed by atoms with van der Waals surface area (Å²) in [6.07, 6.45) is 4.56. The van der Waals surface area contributed by atoms with Crippen LogP contribution in [0.25, 0.3) is 0 Å². The first-order valence-electron chi connectivity index (χ1n) is 5.54. The van der Waals surface area contributed by atoms with Gasteiger partial charge in [-0.1, -0.05) is 24.3 Å². The van der Waals surface area contributed by atoms with Gasteiger partial charge in [-0.05, 0) is 42.9 Å². The van der Waals surface area contributed by atoms with Crippen molar-refractivity contribution in [3.8, 4) is 0 Å². The molecule has 2 nitrogen and oxygen atoms in total. The van der Waals surface area contributed by atoms with Crippen molar-refractivity contribution in [3.05, 3.63) is 47.5 Å². The van der Waals surface area contributed by atoms with Gasteiger partial charge in [-0.2, -0.15) is 0 Å². The molecule has 0 unspecified atom stereocenters. The van der Waals surface area contributed by atoms with E-state index in [1.807, 2.05) is 6.08 Å². The van der Waals surface area contributed by atoms with Gasteiger partial charge in [0.05, 0.1) is 0 Å². The molecule has 0 atom stereocenters. The normalized spacial score (nSPS) is 10.1. The summed E-state index contributed by atoms with van der Waals surface area (Å²) in [6, 6.07) is 6.33. The van der Waals surface area contributed by atoms with Crippen LogP contribution in [0.3, 0.4) is 0 Å². The number of hydrogen-bond donors (Lipinski definition) is 1. The predicted molar refractivity (Wildman–Crippen MR) is 65.7 cm³/mol. The highest BCUT2D eigenvalue weighted by molar-refractivity contribution is 5.66. The van der Waals surface area contributed by atoms with Crippen LogP contribution < -0.4 is 0 Å². The number of aryl methyl sites for hydroxylation is 2. The monoisotopic (exact) mass is 218 g/mol. The second-order valence-corrected chi connectivity index (χ2v) is 4.00. The number of carboxylic acid groups (broad SMARTS) is 1. The Morgan fingerprint density at radius 2 is 2.25 bits per heavy atom. The van der Waals surface area contributed by atoms with E-state index in [4.69, 9.17) is 5.11 Å². The molecule has 2 heteroatoms. The zero-order valence-electron chi connectivity index (χ0n) is 9.70. The summed E-state index contributed by atoms with van der Waals surface area (Å²) < 4.78 is 0. The molecule has 0 aromatic heterocycles. The molecule has 0 heterocycles. The lowest BCUT2D eigenvalue weighted by Crippen LogP contribution is -1.97. The zero-order valence-corrected chi connectivity index (χ0v) is 9.70. The van der Waals surface area contributed by atoms with E-state index in [2.05, 4.69) is 31.7 Å². The molecule has 0 aliphatic carbocycles. The van der Waals surface area contributed by atoms with Crippen molar-refractivity contribution in [1.29, 1.82) is 0 Å². The molecule has 86 valence electrons. The minimum Gasteiger partial charge on any atom is -0.481 e. The first-order chi connectivity index (χ1) is 7.63. The van der Waals surface area contributed by atoms with E-state index in [0.717, 1.165) is 12.8 Å². The van der Waals surface area contributed by atoms with Gasteiger partial charge in [0.1, 0.15) is 0 Å². The smallest absolute Gasteiger partial charge is 0.303 e. The van der Waals surface area contributed by atoms with E-state index >= 15 is 0 Å². The predicted octanol–water partition coefficient (Wildman–Crippen LogP) is 3.13. The minimum absolute atomic E-state index is 0.244. The van der Waals surface area contributed by atoms with Gasteiger partial charge in [0.2, 0.25) is 0 Å². The third-order valence-electron chi connectivity index (χ3n) is 2.62. The molecule has 0 aliphatic heterocycles. The summed E-state index contributed by atoms with van der Waals surface area (Å²) >= 11 is 0. The number of aliphatic carboxylic acids is 1. The molecule has 0 saturated heterocycles. The topological polar surface area (TPSA) is 37.3 Å². The van der Waals surface area contributed by atoms with Crippen LogP contribution in [0.2, 0.25) is 0 Å². The van der Waals surface area contributed by atoms with Crippen LogP contribution >= 0.6 is 0 Å². The molecule has 1 N–H and O–H groups in total. The van der Waals surface area contributed by atoms with Gasteiger partial charge in [0, 0.05) is 6.42 Å². The van der Waals surface area contributed by atoms with Crippen molar-refractivity contribution in [3.63, 3.8) is 0 Å². The standard InChI is InChI=1S/C14H18O2/c1-3-5-12-8-9-13(11(2)10-12)6-4-7-14(15)16/h3,8-10H,1,4-7H2,2H3,(H,15,16). The summed E-state index contributed by atoms with van der Waals surface area (Å²) in [5.74, 6) is -0.721. The lowest BCUT2D eigenvalue weighted by Gasteiger charge is -2.07. The SMILES string of the molecule is C=CCc1ccc(CCCC(=O)O)c(C)c1. The van der Waals surface area contributed by atoms with Crippen LogP contribution in [0.15, 0.2) is 30.9 Å². The Morgan fingerprint density at radius 3 is 2.81 bits per heavy atom. The Hall–Kier alpha value is -1.57. The van der Waals surface area contributed by atoms with E-state index in [1.54, 1.807) is 0 Å². The molecule has 0 amide bonds. The first-order valence-corrected chi connectivity index (χ1v) is 5.54. The second kappa shape index (κ2) is 6.11. The number of rotatable bonds is 6. The molecule has 0 saturated carbocycles. The lowest BCUT2D eigenvalue weighted by atomic mass is 9.99. The Balaban J connectivity index is 2.60. The van der Waals surface area contributed by atoms with Crippen molar-refractivity contribution >= 4 is 5.97 Å². The quantitative estimate of drug-likeness (QED) is 0.745. The molecule has 0 radical (unpaired) electrons. The third-order valence-corrected chi connectivity index (χ3v) is 2.62. The highest BCUT2D eigenvalue weighted by Gasteiger charge is 2.02. The van der Waals surface area contributed by atoms with Gasteiger partial charge < -0.3 is 5.11 Å². The van der Waals surface area contributed by atoms with Gasteiger partial charge in [-0.25, -0.2) is 0 Å². The molecule has 0 aliphatic rings. The van der Waals surface area contributed by atoms with Crippen molar-refractivity contribution < 1.29 is 9.90 Å². The fraction of sp³-hybridized carbons (Fsp3) is 0.357. The number of carbonyl (C=O) groups is 1. The van der Waals surface area contributed by atoms with Crippen molar-refractivity contribution in [2.45, 2.75) is 32.6 Å². The van der Waals surface area contributed by atoms with Gasteiger partial charge in [-0.15, -0.1) is 6.58 Å². The van der Waals surface area contributed by atoms with Crippen LogP contribution in [0.4, 0.5) is 0 Å². The van der Waals surface area contributed by atoms with E-state index in [-0.39, 0.29) is 6.42 Å². The molecule has 16 heavy (non-hydrogen) atoms. The van der Waals surface area contributed by atoms with Crippen LogP contribution in [0, 0.1) is 6.92 Å². The van der Waals surface area contributed by atoms with Gasteiger partial charge in [-0.3, -0.25) is 4.79 Å². The highest BCUT2D eigenvalue weighted by Crippen LogP contribution is 2.14. The number of hydrogen-bond acceptors (Lipinski definition) is 1. The van der Waals surface area contributed by atoms with Crippen LogP contribution in [0.1, 0.15) is 29.5 Å². The molecule has 1 rings (SSSR count). The summed E-state index contributed by atoms with van der Waals surface area (Å²) in [6.45, 7) is 5.78. The van der Waals surface area contributed by atoms with Crippen LogP contribution in [0.5, 0.6) is 0 Å². The first kappa shape index (κ1) is 12.5. The van der Waals surface area contributed by atoms with Crippen LogP contribution in [-0.2, 0) is 17.6 Å². The number of benzene rings is 1. The lowest BCUT2D eigenvalue weighted by molar-refractivity contribution is -0.137. The highest BCUT2D eigenvalue weighted by atomic mass is 16.4. The van der Waals surface area contributed by atoms with Crippen molar-refractivity contribution in [1.82, 2.24) is 0 Å². The fourth-order valence-electron chi connectivity index (χ4n) is 1.76. The molecule has 0 spiro atoms. The van der Waals surface area contributed by atoms with E-state index in [0.29, 0.717) is 6.42 Å². The molecule has 0 fully saturated rings. The Labute approximate surface area is 96.6 Å². The maximum atomic E-state index is 10.4. The Morgan fingerprint density at radius 1 is 1.50 bits per heavy atom. The Bertz CT molecular complexity index is 380.